The molecule has 0 bridgehead atoms. The molecule has 0 saturated carbocycles. The topological polar surface area (TPSA) is 91.3 Å². The molecule has 2 aromatic carbocycles. The quantitative estimate of drug-likeness (QED) is 0.743. The first-order chi connectivity index (χ1) is 13.0. The third-order valence-corrected chi connectivity index (χ3v) is 5.41. The third-order valence-electron chi connectivity index (χ3n) is 5.41. The lowest BCUT2D eigenvalue weighted by molar-refractivity contribution is -0.0337. The first kappa shape index (κ1) is 16.1. The summed E-state index contributed by atoms with van der Waals surface area (Å²) in [5.74, 6) is -0.0821. The van der Waals surface area contributed by atoms with Crippen molar-refractivity contribution in [2.24, 2.45) is 0 Å². The van der Waals surface area contributed by atoms with Crippen LogP contribution in [0.1, 0.15) is 49.7 Å². The zero-order valence-electron chi connectivity index (χ0n) is 14.7. The van der Waals surface area contributed by atoms with Crippen molar-refractivity contribution in [1.82, 2.24) is 0 Å². The van der Waals surface area contributed by atoms with Crippen molar-refractivity contribution >= 4 is 11.6 Å². The van der Waals surface area contributed by atoms with Gasteiger partial charge in [0.1, 0.15) is 23.0 Å². The maximum Gasteiger partial charge on any atom is 0.207 e. The number of hydrogen-bond donors (Lipinski definition) is 1. The van der Waals surface area contributed by atoms with Crippen LogP contribution in [0.4, 0.5) is 0 Å². The van der Waals surface area contributed by atoms with Crippen molar-refractivity contribution in [3.8, 4) is 23.0 Å². The van der Waals surface area contributed by atoms with Gasteiger partial charge in [-0.15, -0.1) is 0 Å². The molecule has 5 rings (SSSR count). The summed E-state index contributed by atoms with van der Waals surface area (Å²) in [6.45, 7) is 0.561. The maximum atomic E-state index is 13.2. The molecule has 0 spiro atoms. The highest BCUT2D eigenvalue weighted by Gasteiger charge is 2.46. The van der Waals surface area contributed by atoms with E-state index in [9.17, 15) is 14.7 Å². The summed E-state index contributed by atoms with van der Waals surface area (Å²) in [4.78, 5) is 26.4. The molecule has 2 atom stereocenters. The van der Waals surface area contributed by atoms with Gasteiger partial charge in [0.05, 0.1) is 37.9 Å². The highest BCUT2D eigenvalue weighted by molar-refractivity contribution is 6.30. The van der Waals surface area contributed by atoms with Crippen LogP contribution < -0.4 is 14.2 Å². The number of phenolic OH excluding ortho intramolecular Hbond substituents is 1. The highest BCUT2D eigenvalue weighted by atomic mass is 16.7. The summed E-state index contributed by atoms with van der Waals surface area (Å²) in [6.07, 6.45) is 0.312. The molecule has 7 heteroatoms. The second-order valence-electron chi connectivity index (χ2n) is 6.72. The second kappa shape index (κ2) is 5.47. The van der Waals surface area contributed by atoms with Crippen LogP contribution in [0.2, 0.25) is 0 Å². The van der Waals surface area contributed by atoms with E-state index < -0.39 is 17.9 Å². The molecule has 0 radical (unpaired) electrons. The maximum absolute atomic E-state index is 13.2. The molecule has 1 saturated heterocycles. The Kier molecular flexibility index (Phi) is 3.27. The lowest BCUT2D eigenvalue weighted by Crippen LogP contribution is -2.22. The largest absolute Gasteiger partial charge is 0.507 e. The smallest absolute Gasteiger partial charge is 0.207 e. The van der Waals surface area contributed by atoms with Crippen LogP contribution in [0.3, 0.4) is 0 Å². The van der Waals surface area contributed by atoms with Gasteiger partial charge in [-0.05, 0) is 18.6 Å². The van der Waals surface area contributed by atoms with Gasteiger partial charge in [-0.1, -0.05) is 0 Å². The van der Waals surface area contributed by atoms with Gasteiger partial charge >= 0.3 is 0 Å². The van der Waals surface area contributed by atoms with Crippen molar-refractivity contribution in [2.45, 2.75) is 18.6 Å². The number of methoxy groups -OCH3 is 2. The minimum absolute atomic E-state index is 0.0373. The molecule has 138 valence electrons. The van der Waals surface area contributed by atoms with Gasteiger partial charge < -0.3 is 24.1 Å². The Morgan fingerprint density at radius 2 is 1.81 bits per heavy atom. The molecule has 0 aromatic heterocycles. The third kappa shape index (κ3) is 2.00. The van der Waals surface area contributed by atoms with Gasteiger partial charge in [0, 0.05) is 22.8 Å². The minimum Gasteiger partial charge on any atom is -0.507 e. The molecule has 2 aliphatic heterocycles. The number of ketones is 2. The average Bonchev–Trinajstić information content (AvgIpc) is 3.24. The molecule has 0 unspecified atom stereocenters. The molecule has 1 aliphatic carbocycles. The first-order valence-electron chi connectivity index (χ1n) is 8.58. The van der Waals surface area contributed by atoms with E-state index in [4.69, 9.17) is 18.9 Å². The van der Waals surface area contributed by atoms with Crippen LogP contribution in [-0.4, -0.2) is 43.8 Å². The van der Waals surface area contributed by atoms with Crippen LogP contribution in [0, 0.1) is 0 Å². The van der Waals surface area contributed by atoms with Crippen LogP contribution in [0.25, 0.3) is 0 Å². The van der Waals surface area contributed by atoms with Gasteiger partial charge in [-0.3, -0.25) is 9.59 Å². The number of carbonyl (C=O) groups excluding carboxylic acids is 2. The lowest BCUT2D eigenvalue weighted by Gasteiger charge is -2.23. The molecule has 2 aromatic rings. The molecule has 1 N–H and O–H groups in total. The standard InChI is InChI=1S/C20H16O7/c1-24-8-5-10-14(12(21)6-8)18(23)16-11(17(10)22)7-13-15(19(16)25-2)9-3-4-26-20(9)27-13/h5-7,9,20-21H,3-4H2,1-2H3/t9-,20+/m0/s1. The van der Waals surface area contributed by atoms with E-state index in [1.807, 2.05) is 0 Å². The number of aromatic hydroxyl groups is 1. The van der Waals surface area contributed by atoms with Crippen molar-refractivity contribution in [2.75, 3.05) is 20.8 Å². The molecular weight excluding hydrogens is 352 g/mol. The fourth-order valence-electron chi connectivity index (χ4n) is 4.21. The average molecular weight is 368 g/mol. The molecule has 0 amide bonds. The molecule has 3 aliphatic rings. The Morgan fingerprint density at radius 3 is 2.56 bits per heavy atom. The number of rotatable bonds is 2. The van der Waals surface area contributed by atoms with E-state index >= 15 is 0 Å². The zero-order valence-corrected chi connectivity index (χ0v) is 14.7. The number of phenols is 1. The Labute approximate surface area is 154 Å². The van der Waals surface area contributed by atoms with Crippen molar-refractivity contribution in [3.05, 3.63) is 46.0 Å². The molecule has 7 nitrogen and oxygen atoms in total. The van der Waals surface area contributed by atoms with E-state index in [1.54, 1.807) is 6.07 Å². The van der Waals surface area contributed by atoms with E-state index in [0.29, 0.717) is 23.9 Å². The predicted molar refractivity (Wildman–Crippen MR) is 92.2 cm³/mol. The van der Waals surface area contributed by atoms with E-state index in [1.165, 1.54) is 26.4 Å². The van der Waals surface area contributed by atoms with Crippen molar-refractivity contribution in [3.63, 3.8) is 0 Å². The van der Waals surface area contributed by atoms with Crippen LogP contribution in [0.5, 0.6) is 23.0 Å². The van der Waals surface area contributed by atoms with E-state index in [-0.39, 0.29) is 33.9 Å². The second-order valence-corrected chi connectivity index (χ2v) is 6.72. The fraction of sp³-hybridized carbons (Fsp3) is 0.300. The summed E-state index contributed by atoms with van der Waals surface area (Å²) in [5, 5.41) is 10.4. The van der Waals surface area contributed by atoms with Crippen LogP contribution in [0.15, 0.2) is 18.2 Å². The van der Waals surface area contributed by atoms with Gasteiger partial charge in [0.2, 0.25) is 12.1 Å². The summed E-state index contributed by atoms with van der Waals surface area (Å²) < 4.78 is 22.1. The van der Waals surface area contributed by atoms with Gasteiger partial charge in [-0.2, -0.15) is 0 Å². The summed E-state index contributed by atoms with van der Waals surface area (Å²) in [7, 11) is 2.88. The summed E-state index contributed by atoms with van der Waals surface area (Å²) in [6, 6.07) is 4.35. The van der Waals surface area contributed by atoms with Crippen LogP contribution >= 0.6 is 0 Å². The number of ether oxygens (including phenoxy) is 4. The monoisotopic (exact) mass is 368 g/mol. The zero-order chi connectivity index (χ0) is 18.9. The Morgan fingerprint density at radius 1 is 1.04 bits per heavy atom. The molecule has 1 fully saturated rings. The summed E-state index contributed by atoms with van der Waals surface area (Å²) >= 11 is 0. The van der Waals surface area contributed by atoms with Gasteiger partial charge in [0.15, 0.2) is 5.78 Å². The summed E-state index contributed by atoms with van der Waals surface area (Å²) in [5.41, 5.74) is 1.16. The van der Waals surface area contributed by atoms with Crippen LogP contribution in [-0.2, 0) is 4.74 Å². The van der Waals surface area contributed by atoms with Crippen molar-refractivity contribution < 1.29 is 33.6 Å². The Bertz CT molecular complexity index is 1020. The van der Waals surface area contributed by atoms with Gasteiger partial charge in [0.25, 0.3) is 0 Å². The number of benzene rings is 2. The number of hydrogen-bond acceptors (Lipinski definition) is 7. The van der Waals surface area contributed by atoms with Gasteiger partial charge in [-0.25, -0.2) is 0 Å². The number of carbonyl (C=O) groups is 2. The lowest BCUT2D eigenvalue weighted by atomic mass is 9.80. The van der Waals surface area contributed by atoms with E-state index in [0.717, 1.165) is 12.0 Å². The normalized spacial score (nSPS) is 21.9. The van der Waals surface area contributed by atoms with E-state index in [2.05, 4.69) is 0 Å². The number of fused-ring (bicyclic) bond motifs is 5. The van der Waals surface area contributed by atoms with Crippen molar-refractivity contribution in [1.29, 1.82) is 0 Å². The SMILES string of the molecule is COc1cc(O)c2c(c1)C(=O)c1cc3c(c(OC)c1C2=O)[C@@H]1CCO[C@@H]1O3. The fourth-order valence-corrected chi connectivity index (χ4v) is 4.21. The Balaban J connectivity index is 1.78. The molecule has 2 heterocycles. The predicted octanol–water partition coefficient (Wildman–Crippen LogP) is 2.41. The molecular formula is C20H16O7. The highest BCUT2D eigenvalue weighted by Crippen LogP contribution is 2.52. The Hall–Kier alpha value is -3.06. The minimum atomic E-state index is -0.457. The molecule has 27 heavy (non-hydrogen) atoms. The first-order valence-corrected chi connectivity index (χ1v) is 8.58.